The van der Waals surface area contributed by atoms with Crippen molar-refractivity contribution in [3.8, 4) is 0 Å². The normalized spacial score (nSPS) is 12.3. The highest BCUT2D eigenvalue weighted by atomic mass is 35.5. The fraction of sp³-hybridized carbons (Fsp3) is 0.158. The summed E-state index contributed by atoms with van der Waals surface area (Å²) in [5.74, 6) is -0.857. The largest absolute Gasteiger partial charge is 0.858 e. The summed E-state index contributed by atoms with van der Waals surface area (Å²) in [5, 5.41) is 17.0. The summed E-state index contributed by atoms with van der Waals surface area (Å²) < 4.78 is 30.0. The van der Waals surface area contributed by atoms with Gasteiger partial charge in [-0.3, -0.25) is 4.68 Å². The Hall–Kier alpha value is -2.64. The van der Waals surface area contributed by atoms with Crippen molar-refractivity contribution in [2.75, 3.05) is 0 Å². The number of aromatic nitrogens is 2. The van der Waals surface area contributed by atoms with Crippen LogP contribution in [0.25, 0.3) is 0 Å². The Balaban J connectivity index is 1.99. The molecule has 1 heterocycles. The topological polar surface area (TPSA) is 87.4 Å². The van der Waals surface area contributed by atoms with E-state index in [1.807, 2.05) is 30.3 Å². The molecule has 0 aliphatic carbocycles. The molecule has 0 atom stereocenters. The molecule has 0 N–H and O–H groups in total. The molecule has 6 nitrogen and oxygen atoms in total. The van der Waals surface area contributed by atoms with Crippen LogP contribution in [0.4, 0.5) is 0 Å². The van der Waals surface area contributed by atoms with Gasteiger partial charge in [-0.15, -0.1) is 0 Å². The first-order valence-corrected chi connectivity index (χ1v) is 9.96. The Labute approximate surface area is 162 Å². The Morgan fingerprint density at radius 1 is 1.11 bits per heavy atom. The molecule has 3 aromatic rings. The van der Waals surface area contributed by atoms with Gasteiger partial charge in [0.2, 0.25) is 0 Å². The predicted octanol–water partition coefficient (Wildman–Crippen LogP) is 2.70. The quantitative estimate of drug-likeness (QED) is 0.485. The van der Waals surface area contributed by atoms with Crippen LogP contribution in [-0.4, -0.2) is 24.1 Å². The van der Waals surface area contributed by atoms with E-state index in [2.05, 4.69) is 9.50 Å². The summed E-state index contributed by atoms with van der Waals surface area (Å²) in [4.78, 5) is -0.202. The van der Waals surface area contributed by atoms with Gasteiger partial charge in [-0.1, -0.05) is 54.1 Å². The highest BCUT2D eigenvalue weighted by Crippen LogP contribution is 2.23. The SMILES string of the molecule is Cc1nn(Cc2ccccc2)c(C)c1C([O-])=NS(=O)(=O)c1ccccc1Cl. The fourth-order valence-corrected chi connectivity index (χ4v) is 4.18. The second kappa shape index (κ2) is 7.54. The van der Waals surface area contributed by atoms with Crippen molar-refractivity contribution in [1.29, 1.82) is 0 Å². The molecule has 0 spiro atoms. The third-order valence-electron chi connectivity index (χ3n) is 4.09. The highest BCUT2D eigenvalue weighted by Gasteiger charge is 2.18. The van der Waals surface area contributed by atoms with Crippen LogP contribution in [0.15, 0.2) is 63.9 Å². The van der Waals surface area contributed by atoms with Gasteiger partial charge in [0.25, 0.3) is 10.0 Å². The van der Waals surface area contributed by atoms with Crippen molar-refractivity contribution in [2.45, 2.75) is 25.3 Å². The van der Waals surface area contributed by atoms with Gasteiger partial charge in [-0.05, 0) is 31.5 Å². The maximum Gasteiger partial charge on any atom is 0.283 e. The zero-order valence-electron chi connectivity index (χ0n) is 14.8. The fourth-order valence-electron chi connectivity index (χ4n) is 2.77. The van der Waals surface area contributed by atoms with Crippen LogP contribution in [0.5, 0.6) is 0 Å². The molecule has 3 rings (SSSR count). The van der Waals surface area contributed by atoms with Crippen LogP contribution >= 0.6 is 11.6 Å². The molecule has 0 aliphatic rings. The van der Waals surface area contributed by atoms with E-state index in [1.165, 1.54) is 18.2 Å². The molecule has 0 saturated heterocycles. The number of halogens is 1. The standard InChI is InChI=1S/C19H18ClN3O3S/c1-13-18(14(2)23(21-13)12-15-8-4-3-5-9-15)19(24)22-27(25,26)17-11-7-6-10-16(17)20/h3-11H,12H2,1-2H3,(H,22,24)/p-1. The number of sulfonamides is 1. The molecule has 1 aromatic heterocycles. The van der Waals surface area contributed by atoms with Gasteiger partial charge < -0.3 is 5.11 Å². The van der Waals surface area contributed by atoms with E-state index in [1.54, 1.807) is 24.6 Å². The molecule has 0 fully saturated rings. The maximum atomic E-state index is 12.6. The summed E-state index contributed by atoms with van der Waals surface area (Å²) in [7, 11) is -4.21. The predicted molar refractivity (Wildman–Crippen MR) is 102 cm³/mol. The average Bonchev–Trinajstić information content (AvgIpc) is 2.89. The summed E-state index contributed by atoms with van der Waals surface area (Å²) >= 11 is 5.93. The lowest BCUT2D eigenvalue weighted by Gasteiger charge is -2.12. The lowest BCUT2D eigenvalue weighted by Crippen LogP contribution is -2.22. The van der Waals surface area contributed by atoms with Crippen molar-refractivity contribution in [2.24, 2.45) is 4.40 Å². The van der Waals surface area contributed by atoms with Gasteiger partial charge in [-0.25, -0.2) is 0 Å². The number of nitrogens with zero attached hydrogens (tertiary/aromatic N) is 3. The zero-order chi connectivity index (χ0) is 19.6. The minimum Gasteiger partial charge on any atom is -0.858 e. The van der Waals surface area contributed by atoms with Crippen LogP contribution < -0.4 is 5.11 Å². The van der Waals surface area contributed by atoms with E-state index in [0.29, 0.717) is 17.9 Å². The molecule has 2 aromatic carbocycles. The van der Waals surface area contributed by atoms with Crippen LogP contribution in [-0.2, 0) is 16.6 Å². The number of benzene rings is 2. The maximum absolute atomic E-state index is 12.6. The second-order valence-corrected chi connectivity index (χ2v) is 7.97. The number of rotatable bonds is 5. The Morgan fingerprint density at radius 3 is 2.41 bits per heavy atom. The summed E-state index contributed by atoms with van der Waals surface area (Å²) in [5.41, 5.74) is 2.18. The van der Waals surface area contributed by atoms with Crippen molar-refractivity contribution in [3.05, 3.63) is 82.1 Å². The van der Waals surface area contributed by atoms with Gasteiger partial charge in [0.1, 0.15) is 4.90 Å². The molecule has 0 amide bonds. The van der Waals surface area contributed by atoms with Crippen molar-refractivity contribution in [1.82, 2.24) is 9.78 Å². The first kappa shape index (κ1) is 19.1. The smallest absolute Gasteiger partial charge is 0.283 e. The van der Waals surface area contributed by atoms with E-state index in [-0.39, 0.29) is 15.5 Å². The molecule has 0 bridgehead atoms. The Morgan fingerprint density at radius 2 is 1.74 bits per heavy atom. The molecular formula is C19H17ClN3O3S-. The van der Waals surface area contributed by atoms with E-state index in [4.69, 9.17) is 11.6 Å². The molecular weight excluding hydrogens is 386 g/mol. The van der Waals surface area contributed by atoms with Crippen molar-refractivity contribution in [3.63, 3.8) is 0 Å². The number of hydrogen-bond acceptors (Lipinski definition) is 4. The van der Waals surface area contributed by atoms with Gasteiger partial charge in [0, 0.05) is 17.2 Å². The zero-order valence-corrected chi connectivity index (χ0v) is 16.3. The molecule has 0 radical (unpaired) electrons. The first-order chi connectivity index (χ1) is 12.8. The summed E-state index contributed by atoms with van der Waals surface area (Å²) in [6, 6.07) is 15.5. The van der Waals surface area contributed by atoms with Gasteiger partial charge >= 0.3 is 0 Å². The van der Waals surface area contributed by atoms with Crippen molar-refractivity contribution >= 4 is 27.5 Å². The van der Waals surface area contributed by atoms with Gasteiger partial charge in [0.15, 0.2) is 0 Å². The van der Waals surface area contributed by atoms with Gasteiger partial charge in [-0.2, -0.15) is 17.9 Å². The average molecular weight is 403 g/mol. The lowest BCUT2D eigenvalue weighted by molar-refractivity contribution is -0.212. The van der Waals surface area contributed by atoms with E-state index >= 15 is 0 Å². The second-order valence-electron chi connectivity index (χ2n) is 5.99. The monoisotopic (exact) mass is 402 g/mol. The Bertz CT molecular complexity index is 1110. The van der Waals surface area contributed by atoms with Crippen LogP contribution in [0.1, 0.15) is 22.5 Å². The van der Waals surface area contributed by atoms with Crippen LogP contribution in [0.2, 0.25) is 5.02 Å². The summed E-state index contributed by atoms with van der Waals surface area (Å²) in [6.45, 7) is 3.84. The van der Waals surface area contributed by atoms with E-state index in [9.17, 15) is 13.5 Å². The third kappa shape index (κ3) is 4.04. The molecule has 0 aliphatic heterocycles. The van der Waals surface area contributed by atoms with Gasteiger partial charge in [0.05, 0.1) is 17.3 Å². The van der Waals surface area contributed by atoms with Crippen LogP contribution in [0.3, 0.4) is 0 Å². The minimum atomic E-state index is -4.21. The molecule has 140 valence electrons. The molecule has 0 unspecified atom stereocenters. The van der Waals surface area contributed by atoms with E-state index in [0.717, 1.165) is 5.56 Å². The first-order valence-electron chi connectivity index (χ1n) is 8.14. The molecule has 0 saturated carbocycles. The summed E-state index contributed by atoms with van der Waals surface area (Å²) in [6.07, 6.45) is 0. The Kier molecular flexibility index (Phi) is 5.34. The molecule has 27 heavy (non-hydrogen) atoms. The number of hydrogen-bond donors (Lipinski definition) is 0. The van der Waals surface area contributed by atoms with Crippen LogP contribution in [0, 0.1) is 13.8 Å². The highest BCUT2D eigenvalue weighted by molar-refractivity contribution is 7.90. The molecule has 8 heteroatoms. The number of aryl methyl sites for hydroxylation is 1. The lowest BCUT2D eigenvalue weighted by atomic mass is 10.2. The van der Waals surface area contributed by atoms with Crippen molar-refractivity contribution < 1.29 is 13.5 Å². The van der Waals surface area contributed by atoms with E-state index < -0.39 is 15.9 Å². The third-order valence-corrected chi connectivity index (χ3v) is 5.85. The minimum absolute atomic E-state index is 0.0160.